The molecule has 0 aliphatic rings. The van der Waals surface area contributed by atoms with Crippen molar-refractivity contribution in [1.82, 2.24) is 24.8 Å². The summed E-state index contributed by atoms with van der Waals surface area (Å²) < 4.78 is 39.3. The molecule has 3 rings (SSSR count). The number of hydrogen-bond donors (Lipinski definition) is 2. The van der Waals surface area contributed by atoms with Gasteiger partial charge in [-0.05, 0) is 30.7 Å². The van der Waals surface area contributed by atoms with Crippen LogP contribution in [-0.4, -0.2) is 43.1 Å². The van der Waals surface area contributed by atoms with E-state index in [0.29, 0.717) is 17.5 Å². The maximum absolute atomic E-state index is 12.9. The van der Waals surface area contributed by atoms with E-state index in [1.165, 1.54) is 12.1 Å². The summed E-state index contributed by atoms with van der Waals surface area (Å²) in [5.41, 5.74) is 0.829. The van der Waals surface area contributed by atoms with Gasteiger partial charge in [-0.25, -0.2) is 0 Å². The molecule has 7 nitrogen and oxygen atoms in total. The van der Waals surface area contributed by atoms with Crippen LogP contribution in [-0.2, 0) is 12.6 Å². The molecule has 0 aromatic carbocycles. The van der Waals surface area contributed by atoms with Crippen LogP contribution in [0, 0.1) is 5.92 Å². The van der Waals surface area contributed by atoms with Gasteiger partial charge in [-0.1, -0.05) is 6.07 Å². The van der Waals surface area contributed by atoms with Crippen LogP contribution >= 0.6 is 0 Å². The number of rotatable bonds is 6. The zero-order valence-electron chi connectivity index (χ0n) is 13.0. The van der Waals surface area contributed by atoms with Crippen LogP contribution < -0.4 is 5.32 Å². The van der Waals surface area contributed by atoms with E-state index in [2.05, 4.69) is 25.6 Å². The second-order valence-electron chi connectivity index (χ2n) is 5.46. The molecule has 0 saturated heterocycles. The molecule has 0 aliphatic carbocycles. The largest absolute Gasteiger partial charge is 0.453 e. The van der Waals surface area contributed by atoms with E-state index in [0.717, 1.165) is 5.69 Å². The summed E-state index contributed by atoms with van der Waals surface area (Å²) in [7, 11) is 0. The van der Waals surface area contributed by atoms with Gasteiger partial charge in [-0.3, -0.25) is 4.98 Å². The molecule has 0 saturated carbocycles. The standard InChI is InChI=1S/C15H15F3N6O/c16-15(17,18)14-22-21-13-5-4-12(23-24(13)14)20-8-10(9-25)7-11-3-1-2-6-19-11/h1-6,10,25H,7-9H2,(H,20,23). The Labute approximate surface area is 140 Å². The molecule has 3 heterocycles. The molecular formula is C15H15F3N6O. The van der Waals surface area contributed by atoms with Crippen LogP contribution in [0.1, 0.15) is 11.5 Å². The van der Waals surface area contributed by atoms with E-state index in [-0.39, 0.29) is 24.0 Å². The van der Waals surface area contributed by atoms with Gasteiger partial charge in [0.15, 0.2) is 5.65 Å². The quantitative estimate of drug-likeness (QED) is 0.703. The predicted octanol–water partition coefficient (Wildman–Crippen LogP) is 1.80. The topological polar surface area (TPSA) is 88.2 Å². The molecule has 10 heteroatoms. The Morgan fingerprint density at radius 3 is 2.68 bits per heavy atom. The van der Waals surface area contributed by atoms with Crippen molar-refractivity contribution in [2.75, 3.05) is 18.5 Å². The van der Waals surface area contributed by atoms with Crippen molar-refractivity contribution in [2.45, 2.75) is 12.6 Å². The van der Waals surface area contributed by atoms with Crippen LogP contribution in [0.5, 0.6) is 0 Å². The third kappa shape index (κ3) is 4.02. The van der Waals surface area contributed by atoms with Crippen molar-refractivity contribution in [3.63, 3.8) is 0 Å². The summed E-state index contributed by atoms with van der Waals surface area (Å²) in [6, 6.07) is 8.40. The van der Waals surface area contributed by atoms with Crippen molar-refractivity contribution in [3.05, 3.63) is 48.0 Å². The van der Waals surface area contributed by atoms with E-state index in [1.807, 2.05) is 12.1 Å². The average molecular weight is 352 g/mol. The predicted molar refractivity (Wildman–Crippen MR) is 82.8 cm³/mol. The molecule has 132 valence electrons. The fraction of sp³-hybridized carbons (Fsp3) is 0.333. The number of aromatic nitrogens is 5. The summed E-state index contributed by atoms with van der Waals surface area (Å²) in [6.07, 6.45) is -2.44. The molecule has 0 bridgehead atoms. The Kier molecular flexibility index (Phi) is 4.79. The molecule has 0 fully saturated rings. The Morgan fingerprint density at radius 2 is 2.00 bits per heavy atom. The number of nitrogens with zero attached hydrogens (tertiary/aromatic N) is 5. The Hall–Kier alpha value is -2.75. The SMILES string of the molecule is OCC(CNc1ccc2nnc(C(F)(F)F)n2n1)Cc1ccccn1. The molecule has 1 unspecified atom stereocenters. The van der Waals surface area contributed by atoms with E-state index in [4.69, 9.17) is 0 Å². The van der Waals surface area contributed by atoms with Crippen LogP contribution in [0.15, 0.2) is 36.5 Å². The molecule has 3 aromatic rings. The minimum Gasteiger partial charge on any atom is -0.396 e. The number of nitrogens with one attached hydrogen (secondary N) is 1. The van der Waals surface area contributed by atoms with Gasteiger partial charge in [0.2, 0.25) is 0 Å². The van der Waals surface area contributed by atoms with E-state index in [1.54, 1.807) is 12.3 Å². The van der Waals surface area contributed by atoms with E-state index < -0.39 is 12.0 Å². The summed E-state index contributed by atoms with van der Waals surface area (Å²) in [5, 5.41) is 22.9. The zero-order chi connectivity index (χ0) is 17.9. The second kappa shape index (κ2) is 7.01. The minimum absolute atomic E-state index is 0.00469. The number of aliphatic hydroxyl groups excluding tert-OH is 1. The first-order valence-corrected chi connectivity index (χ1v) is 7.51. The minimum atomic E-state index is -4.64. The zero-order valence-corrected chi connectivity index (χ0v) is 13.0. The number of hydrogen-bond acceptors (Lipinski definition) is 6. The molecule has 1 atom stereocenters. The fourth-order valence-electron chi connectivity index (χ4n) is 2.32. The van der Waals surface area contributed by atoms with Gasteiger partial charge in [-0.15, -0.1) is 15.3 Å². The molecule has 3 aromatic heterocycles. The van der Waals surface area contributed by atoms with Gasteiger partial charge < -0.3 is 10.4 Å². The number of fused-ring (bicyclic) bond motifs is 1. The van der Waals surface area contributed by atoms with Crippen molar-refractivity contribution >= 4 is 11.5 Å². The highest BCUT2D eigenvalue weighted by molar-refractivity contribution is 5.44. The van der Waals surface area contributed by atoms with E-state index in [9.17, 15) is 18.3 Å². The number of aliphatic hydroxyl groups is 1. The maximum atomic E-state index is 12.9. The van der Waals surface area contributed by atoms with Crippen molar-refractivity contribution in [3.8, 4) is 0 Å². The monoisotopic (exact) mass is 352 g/mol. The van der Waals surface area contributed by atoms with Gasteiger partial charge in [0.25, 0.3) is 5.82 Å². The first-order valence-electron chi connectivity index (χ1n) is 7.51. The lowest BCUT2D eigenvalue weighted by Crippen LogP contribution is -2.22. The summed E-state index contributed by atoms with van der Waals surface area (Å²) >= 11 is 0. The van der Waals surface area contributed by atoms with Crippen molar-refractivity contribution in [2.24, 2.45) is 5.92 Å². The summed E-state index contributed by atoms with van der Waals surface area (Å²) in [5.74, 6) is -1.11. The first-order chi connectivity index (χ1) is 12.0. The summed E-state index contributed by atoms with van der Waals surface area (Å²) in [6.45, 7) is 0.237. The summed E-state index contributed by atoms with van der Waals surface area (Å²) in [4.78, 5) is 4.19. The van der Waals surface area contributed by atoms with Crippen LogP contribution in [0.25, 0.3) is 5.65 Å². The van der Waals surface area contributed by atoms with Gasteiger partial charge in [0.1, 0.15) is 5.82 Å². The van der Waals surface area contributed by atoms with Gasteiger partial charge >= 0.3 is 6.18 Å². The third-order valence-corrected chi connectivity index (χ3v) is 3.57. The third-order valence-electron chi connectivity index (χ3n) is 3.57. The van der Waals surface area contributed by atoms with Crippen LogP contribution in [0.2, 0.25) is 0 Å². The molecule has 0 radical (unpaired) electrons. The number of alkyl halides is 3. The second-order valence-corrected chi connectivity index (χ2v) is 5.46. The highest BCUT2D eigenvalue weighted by Gasteiger charge is 2.37. The lowest BCUT2D eigenvalue weighted by molar-refractivity contribution is -0.146. The molecule has 0 amide bonds. The molecule has 2 N–H and O–H groups in total. The Balaban J connectivity index is 1.71. The smallest absolute Gasteiger partial charge is 0.396 e. The first kappa shape index (κ1) is 17.1. The molecule has 0 spiro atoms. The van der Waals surface area contributed by atoms with Gasteiger partial charge in [0.05, 0.1) is 0 Å². The number of halogens is 3. The molecule has 25 heavy (non-hydrogen) atoms. The van der Waals surface area contributed by atoms with Crippen LogP contribution in [0.3, 0.4) is 0 Å². The number of pyridine rings is 1. The Morgan fingerprint density at radius 1 is 1.16 bits per heavy atom. The van der Waals surface area contributed by atoms with E-state index >= 15 is 0 Å². The van der Waals surface area contributed by atoms with Crippen molar-refractivity contribution in [1.29, 1.82) is 0 Å². The highest BCUT2D eigenvalue weighted by atomic mass is 19.4. The fourth-order valence-corrected chi connectivity index (χ4v) is 2.32. The molecule has 0 aliphatic heterocycles. The average Bonchev–Trinajstić information content (AvgIpc) is 3.03. The Bertz CT molecular complexity index is 836. The van der Waals surface area contributed by atoms with Gasteiger partial charge in [0, 0.05) is 31.0 Å². The molecular weight excluding hydrogens is 337 g/mol. The highest BCUT2D eigenvalue weighted by Crippen LogP contribution is 2.27. The van der Waals surface area contributed by atoms with Crippen LogP contribution in [0.4, 0.5) is 19.0 Å². The lowest BCUT2D eigenvalue weighted by atomic mass is 10.0. The van der Waals surface area contributed by atoms with Gasteiger partial charge in [-0.2, -0.15) is 17.7 Å². The maximum Gasteiger partial charge on any atom is 0.453 e. The lowest BCUT2D eigenvalue weighted by Gasteiger charge is -2.15. The normalized spacial score (nSPS) is 13.1. The number of anilines is 1. The van der Waals surface area contributed by atoms with Crippen molar-refractivity contribution < 1.29 is 18.3 Å².